The number of esters is 1. The van der Waals surface area contributed by atoms with E-state index in [1.165, 1.54) is 0 Å². The maximum atomic E-state index is 12.7. The van der Waals surface area contributed by atoms with Crippen molar-refractivity contribution in [3.8, 4) is 11.8 Å². The van der Waals surface area contributed by atoms with Gasteiger partial charge in [-0.25, -0.2) is 4.79 Å². The summed E-state index contributed by atoms with van der Waals surface area (Å²) in [5.74, 6) is 5.49. The van der Waals surface area contributed by atoms with Crippen molar-refractivity contribution in [3.05, 3.63) is 48.0 Å². The molecule has 1 unspecified atom stereocenters. The molecular formula is C26H30O5. The molecule has 5 atom stereocenters. The van der Waals surface area contributed by atoms with Gasteiger partial charge < -0.3 is 14.2 Å². The first-order valence-electron chi connectivity index (χ1n) is 11.2. The van der Waals surface area contributed by atoms with Crippen molar-refractivity contribution in [3.63, 3.8) is 0 Å². The zero-order chi connectivity index (χ0) is 21.8. The largest absolute Gasteiger partial charge is 0.458 e. The van der Waals surface area contributed by atoms with Crippen molar-refractivity contribution in [2.45, 2.75) is 51.4 Å². The Hall–Kier alpha value is -2.42. The van der Waals surface area contributed by atoms with E-state index in [0.29, 0.717) is 31.1 Å². The van der Waals surface area contributed by atoms with Gasteiger partial charge in [0, 0.05) is 31.1 Å². The van der Waals surface area contributed by atoms with Crippen LogP contribution in [0.5, 0.6) is 0 Å². The zero-order valence-corrected chi connectivity index (χ0v) is 18.2. The molecule has 0 aromatic heterocycles. The van der Waals surface area contributed by atoms with Crippen LogP contribution in [0.2, 0.25) is 0 Å². The Balaban J connectivity index is 1.50. The first-order chi connectivity index (χ1) is 15.0. The second kappa shape index (κ2) is 9.38. The Morgan fingerprint density at radius 2 is 1.97 bits per heavy atom. The number of ketones is 1. The molecule has 1 aromatic carbocycles. The Bertz CT molecular complexity index is 887. The Kier molecular flexibility index (Phi) is 6.60. The van der Waals surface area contributed by atoms with Crippen LogP contribution in [0.15, 0.2) is 42.5 Å². The van der Waals surface area contributed by atoms with Crippen LogP contribution in [0.1, 0.15) is 49.9 Å². The van der Waals surface area contributed by atoms with Crippen LogP contribution in [0, 0.1) is 35.5 Å². The van der Waals surface area contributed by atoms with Gasteiger partial charge in [0.1, 0.15) is 6.10 Å². The molecule has 4 rings (SSSR count). The molecule has 1 spiro atoms. The lowest BCUT2D eigenvalue weighted by atomic mass is 9.89. The summed E-state index contributed by atoms with van der Waals surface area (Å²) in [5.41, 5.74) is 0.545. The van der Waals surface area contributed by atoms with Crippen LogP contribution in [0.25, 0.3) is 0 Å². The highest BCUT2D eigenvalue weighted by Crippen LogP contribution is 2.55. The van der Waals surface area contributed by atoms with E-state index in [9.17, 15) is 9.59 Å². The standard InChI is InChI=1S/C26H30O5/c1-3-4-8-18(2)23(27)12-11-21-22-17-26(29-13-14-30-26)16-20(22)15-24(21)31-25(28)19-9-6-5-7-10-19/h5-7,9-12,18,20-22,24H,8,13-17H2,1-2H3/b12-11+/t18?,20-,21-,22+,24-/m1/s1. The lowest BCUT2D eigenvalue weighted by Gasteiger charge is -2.26. The van der Waals surface area contributed by atoms with Crippen LogP contribution in [0.4, 0.5) is 0 Å². The van der Waals surface area contributed by atoms with Gasteiger partial charge in [0.05, 0.1) is 18.8 Å². The zero-order valence-electron chi connectivity index (χ0n) is 18.2. The van der Waals surface area contributed by atoms with Crippen molar-refractivity contribution in [2.24, 2.45) is 23.7 Å². The molecule has 1 saturated heterocycles. The smallest absolute Gasteiger partial charge is 0.338 e. The summed E-state index contributed by atoms with van der Waals surface area (Å²) in [6, 6.07) is 9.06. The molecule has 5 nitrogen and oxygen atoms in total. The van der Waals surface area contributed by atoms with Gasteiger partial charge in [-0.05, 0) is 43.4 Å². The Morgan fingerprint density at radius 1 is 1.23 bits per heavy atom. The predicted octanol–water partition coefficient (Wildman–Crippen LogP) is 4.18. The minimum atomic E-state index is -0.496. The van der Waals surface area contributed by atoms with E-state index in [-0.39, 0.29) is 35.6 Å². The number of rotatable bonds is 6. The van der Waals surface area contributed by atoms with Gasteiger partial charge >= 0.3 is 5.97 Å². The fourth-order valence-electron chi connectivity index (χ4n) is 5.23. The van der Waals surface area contributed by atoms with Crippen LogP contribution in [0.3, 0.4) is 0 Å². The summed E-state index contributed by atoms with van der Waals surface area (Å²) in [6.45, 7) is 4.92. The number of benzene rings is 1. The molecule has 31 heavy (non-hydrogen) atoms. The third-order valence-electron chi connectivity index (χ3n) is 6.82. The number of hydrogen-bond donors (Lipinski definition) is 0. The molecule has 0 amide bonds. The minimum absolute atomic E-state index is 0.0294. The number of fused-ring (bicyclic) bond motifs is 1. The molecule has 1 aliphatic heterocycles. The molecule has 3 fully saturated rings. The highest BCUT2D eigenvalue weighted by atomic mass is 16.7. The van der Waals surface area contributed by atoms with E-state index in [1.807, 2.05) is 31.2 Å². The average Bonchev–Trinajstić information content (AvgIpc) is 3.46. The summed E-state index contributed by atoms with van der Waals surface area (Å²) in [6.07, 6.45) is 6.27. The molecule has 0 N–H and O–H groups in total. The Labute approximate surface area is 184 Å². The van der Waals surface area contributed by atoms with Gasteiger partial charge in [0.2, 0.25) is 0 Å². The van der Waals surface area contributed by atoms with E-state index in [2.05, 4.69) is 11.8 Å². The molecule has 5 heteroatoms. The lowest BCUT2D eigenvalue weighted by Crippen LogP contribution is -2.31. The second-order valence-electron chi connectivity index (χ2n) is 8.86. The minimum Gasteiger partial charge on any atom is -0.458 e. The van der Waals surface area contributed by atoms with Crippen LogP contribution in [-0.2, 0) is 19.0 Å². The quantitative estimate of drug-likeness (QED) is 0.391. The lowest BCUT2D eigenvalue weighted by molar-refractivity contribution is -0.157. The number of allylic oxidation sites excluding steroid dienone is 1. The van der Waals surface area contributed by atoms with E-state index >= 15 is 0 Å². The molecule has 2 aliphatic carbocycles. The van der Waals surface area contributed by atoms with Crippen molar-refractivity contribution in [2.75, 3.05) is 13.2 Å². The topological polar surface area (TPSA) is 61.8 Å². The third kappa shape index (κ3) is 4.76. The fraction of sp³-hybridized carbons (Fsp3) is 0.538. The summed E-state index contributed by atoms with van der Waals surface area (Å²) in [7, 11) is 0. The predicted molar refractivity (Wildman–Crippen MR) is 116 cm³/mol. The van der Waals surface area contributed by atoms with Gasteiger partial charge in [0.15, 0.2) is 11.6 Å². The van der Waals surface area contributed by atoms with Crippen molar-refractivity contribution >= 4 is 11.8 Å². The molecule has 3 aliphatic rings. The van der Waals surface area contributed by atoms with Crippen LogP contribution < -0.4 is 0 Å². The first-order valence-corrected chi connectivity index (χ1v) is 11.2. The summed E-state index contributed by atoms with van der Waals surface area (Å²) < 4.78 is 17.8. The molecule has 2 saturated carbocycles. The highest BCUT2D eigenvalue weighted by Gasteiger charge is 2.57. The van der Waals surface area contributed by atoms with Crippen LogP contribution in [-0.4, -0.2) is 36.9 Å². The number of ether oxygens (including phenoxy) is 3. The van der Waals surface area contributed by atoms with Gasteiger partial charge in [0.25, 0.3) is 0 Å². The number of carbonyl (C=O) groups excluding carboxylic acids is 2. The van der Waals surface area contributed by atoms with Gasteiger partial charge in [-0.15, -0.1) is 11.8 Å². The molecule has 1 heterocycles. The maximum absolute atomic E-state index is 12.7. The van der Waals surface area contributed by atoms with E-state index in [0.717, 1.165) is 19.3 Å². The normalized spacial score (nSPS) is 29.5. The molecular weight excluding hydrogens is 392 g/mol. The van der Waals surface area contributed by atoms with Crippen molar-refractivity contribution in [1.82, 2.24) is 0 Å². The summed E-state index contributed by atoms with van der Waals surface area (Å²) in [5, 5.41) is 0. The second-order valence-corrected chi connectivity index (χ2v) is 8.86. The molecule has 1 aromatic rings. The SMILES string of the molecule is CC#CCC(C)C(=O)/C=C/[C@@H]1[C@H]2CC3(C[C@H]2C[C@H]1OC(=O)c1ccccc1)OCCO3. The maximum Gasteiger partial charge on any atom is 0.338 e. The van der Waals surface area contributed by atoms with E-state index in [4.69, 9.17) is 14.2 Å². The first kappa shape index (κ1) is 21.8. The summed E-state index contributed by atoms with van der Waals surface area (Å²) >= 11 is 0. The summed E-state index contributed by atoms with van der Waals surface area (Å²) in [4.78, 5) is 25.3. The highest BCUT2D eigenvalue weighted by molar-refractivity contribution is 5.91. The number of carbonyl (C=O) groups is 2. The Morgan fingerprint density at radius 3 is 2.68 bits per heavy atom. The van der Waals surface area contributed by atoms with E-state index in [1.54, 1.807) is 25.1 Å². The third-order valence-corrected chi connectivity index (χ3v) is 6.82. The monoisotopic (exact) mass is 422 g/mol. The average molecular weight is 423 g/mol. The molecule has 0 bridgehead atoms. The van der Waals surface area contributed by atoms with Gasteiger partial charge in [-0.3, -0.25) is 4.79 Å². The molecule has 164 valence electrons. The van der Waals surface area contributed by atoms with Crippen LogP contribution >= 0.6 is 0 Å². The fourth-order valence-corrected chi connectivity index (χ4v) is 5.23. The number of hydrogen-bond acceptors (Lipinski definition) is 5. The van der Waals surface area contributed by atoms with Gasteiger partial charge in [-0.1, -0.05) is 31.2 Å². The molecule has 0 radical (unpaired) electrons. The van der Waals surface area contributed by atoms with Crippen molar-refractivity contribution in [1.29, 1.82) is 0 Å². The van der Waals surface area contributed by atoms with Crippen molar-refractivity contribution < 1.29 is 23.8 Å². The van der Waals surface area contributed by atoms with E-state index < -0.39 is 5.79 Å². The van der Waals surface area contributed by atoms with Gasteiger partial charge in [-0.2, -0.15) is 0 Å².